The minimum absolute atomic E-state index is 0.0790. The quantitative estimate of drug-likeness (QED) is 0.745. The van der Waals surface area contributed by atoms with E-state index >= 15 is 0 Å². The van der Waals surface area contributed by atoms with Crippen LogP contribution in [0.2, 0.25) is 0 Å². The largest absolute Gasteiger partial charge is 0.353 e. The molecule has 0 radical (unpaired) electrons. The lowest BCUT2D eigenvalue weighted by atomic mass is 9.81. The molecule has 6 heteroatoms. The van der Waals surface area contributed by atoms with Crippen LogP contribution in [0.4, 0.5) is 0 Å². The summed E-state index contributed by atoms with van der Waals surface area (Å²) in [7, 11) is 0. The number of hydrogen-bond donors (Lipinski definition) is 2. The minimum Gasteiger partial charge on any atom is -0.353 e. The summed E-state index contributed by atoms with van der Waals surface area (Å²) in [6, 6.07) is 11.6. The van der Waals surface area contributed by atoms with E-state index in [4.69, 9.17) is 4.52 Å². The monoisotopic (exact) mass is 355 g/mol. The molecular formula is C20H25N3O3. The molecule has 0 saturated carbocycles. The minimum atomic E-state index is -0.123. The number of nitrogens with one attached hydrogen (secondary N) is 2. The fraction of sp³-hybridized carbons (Fsp3) is 0.450. The van der Waals surface area contributed by atoms with Gasteiger partial charge in [-0.05, 0) is 43.3 Å². The average Bonchev–Trinajstić information content (AvgIpc) is 3.11. The third-order valence-electron chi connectivity index (χ3n) is 4.92. The number of benzene rings is 1. The van der Waals surface area contributed by atoms with Gasteiger partial charge in [-0.1, -0.05) is 35.5 Å². The van der Waals surface area contributed by atoms with E-state index in [0.717, 1.165) is 30.8 Å². The van der Waals surface area contributed by atoms with E-state index in [9.17, 15) is 9.59 Å². The molecule has 2 atom stereocenters. The Labute approximate surface area is 153 Å². The van der Waals surface area contributed by atoms with Gasteiger partial charge in [-0.15, -0.1) is 0 Å². The van der Waals surface area contributed by atoms with Gasteiger partial charge >= 0.3 is 0 Å². The standard InChI is InChI=1S/C20H25N3O3/c1-14(24)19-11-18(23-26-19)9-17-13-21-8-7-16(17)10-20(25)22-12-15-5-3-2-4-6-15/h2-6,11,16-17,21H,7-10,12-13H2,1H3,(H,22,25)/t16-,17+/m0/s1. The third-order valence-corrected chi connectivity index (χ3v) is 4.92. The molecule has 1 aromatic carbocycles. The van der Waals surface area contributed by atoms with Crippen LogP contribution in [0.25, 0.3) is 0 Å². The summed E-state index contributed by atoms with van der Waals surface area (Å²) < 4.78 is 5.07. The second kappa shape index (κ2) is 8.76. The zero-order valence-electron chi connectivity index (χ0n) is 15.0. The molecule has 1 aliphatic heterocycles. The van der Waals surface area contributed by atoms with Gasteiger partial charge in [0.2, 0.25) is 11.7 Å². The molecule has 0 bridgehead atoms. The van der Waals surface area contributed by atoms with Gasteiger partial charge in [-0.25, -0.2) is 0 Å². The van der Waals surface area contributed by atoms with Crippen molar-refractivity contribution in [3.05, 3.63) is 53.4 Å². The summed E-state index contributed by atoms with van der Waals surface area (Å²) in [5, 5.41) is 10.4. The van der Waals surface area contributed by atoms with Gasteiger partial charge in [0, 0.05) is 26.0 Å². The van der Waals surface area contributed by atoms with Crippen molar-refractivity contribution in [1.29, 1.82) is 0 Å². The molecule has 1 fully saturated rings. The fourth-order valence-corrected chi connectivity index (χ4v) is 3.43. The summed E-state index contributed by atoms with van der Waals surface area (Å²) in [6.07, 6.45) is 2.18. The van der Waals surface area contributed by atoms with Crippen LogP contribution in [0.3, 0.4) is 0 Å². The highest BCUT2D eigenvalue weighted by atomic mass is 16.5. The van der Waals surface area contributed by atoms with E-state index in [1.165, 1.54) is 6.92 Å². The Kier molecular flexibility index (Phi) is 6.17. The number of Topliss-reactive ketones (excluding diaryl/α,β-unsaturated/α-hetero) is 1. The fourth-order valence-electron chi connectivity index (χ4n) is 3.43. The highest BCUT2D eigenvalue weighted by molar-refractivity contribution is 5.91. The van der Waals surface area contributed by atoms with E-state index in [2.05, 4.69) is 15.8 Å². The SMILES string of the molecule is CC(=O)c1cc(C[C@@H]2CNCC[C@H]2CC(=O)NCc2ccccc2)no1. The third kappa shape index (κ3) is 5.02. The lowest BCUT2D eigenvalue weighted by Crippen LogP contribution is -2.40. The molecule has 1 saturated heterocycles. The first-order valence-electron chi connectivity index (χ1n) is 9.09. The van der Waals surface area contributed by atoms with Gasteiger partial charge in [0.15, 0.2) is 5.78 Å². The van der Waals surface area contributed by atoms with E-state index in [1.807, 2.05) is 30.3 Å². The number of nitrogens with zero attached hydrogens (tertiary/aromatic N) is 1. The molecule has 6 nitrogen and oxygen atoms in total. The van der Waals surface area contributed by atoms with Gasteiger partial charge in [-0.2, -0.15) is 0 Å². The van der Waals surface area contributed by atoms with Crippen LogP contribution in [0.15, 0.2) is 40.9 Å². The van der Waals surface area contributed by atoms with Gasteiger partial charge in [0.25, 0.3) is 0 Å². The summed E-state index contributed by atoms with van der Waals surface area (Å²) in [6.45, 7) is 3.79. The molecule has 1 aromatic heterocycles. The van der Waals surface area contributed by atoms with E-state index in [-0.39, 0.29) is 11.7 Å². The van der Waals surface area contributed by atoms with Crippen LogP contribution in [0, 0.1) is 11.8 Å². The second-order valence-corrected chi connectivity index (χ2v) is 6.92. The number of amides is 1. The highest BCUT2D eigenvalue weighted by Gasteiger charge is 2.28. The molecule has 0 unspecified atom stereocenters. The van der Waals surface area contributed by atoms with E-state index in [1.54, 1.807) is 6.07 Å². The van der Waals surface area contributed by atoms with Crippen molar-refractivity contribution < 1.29 is 14.1 Å². The second-order valence-electron chi connectivity index (χ2n) is 6.92. The highest BCUT2D eigenvalue weighted by Crippen LogP contribution is 2.26. The van der Waals surface area contributed by atoms with Crippen molar-refractivity contribution in [2.24, 2.45) is 11.8 Å². The number of piperidine rings is 1. The summed E-state index contributed by atoms with van der Waals surface area (Å²) in [5.74, 6) is 0.847. The lowest BCUT2D eigenvalue weighted by molar-refractivity contribution is -0.122. The predicted molar refractivity (Wildman–Crippen MR) is 97.6 cm³/mol. The number of ketones is 1. The van der Waals surface area contributed by atoms with Gasteiger partial charge in [0.1, 0.15) is 0 Å². The number of hydrogen-bond acceptors (Lipinski definition) is 5. The summed E-state index contributed by atoms with van der Waals surface area (Å²) in [4.78, 5) is 23.7. The van der Waals surface area contributed by atoms with Crippen LogP contribution >= 0.6 is 0 Å². The van der Waals surface area contributed by atoms with Crippen molar-refractivity contribution in [3.63, 3.8) is 0 Å². The van der Waals surface area contributed by atoms with Crippen LogP contribution in [0.1, 0.15) is 41.6 Å². The Balaban J connectivity index is 1.54. The Bertz CT molecular complexity index is 742. The normalized spacial score (nSPS) is 19.9. The Morgan fingerprint density at radius 2 is 2.08 bits per heavy atom. The van der Waals surface area contributed by atoms with Crippen LogP contribution in [-0.4, -0.2) is 29.9 Å². The molecule has 1 amide bonds. The zero-order valence-corrected chi connectivity index (χ0v) is 15.0. The van der Waals surface area contributed by atoms with Gasteiger partial charge < -0.3 is 15.2 Å². The van der Waals surface area contributed by atoms with Crippen LogP contribution < -0.4 is 10.6 Å². The molecular weight excluding hydrogens is 330 g/mol. The predicted octanol–water partition coefficient (Wildman–Crippen LogP) is 2.35. The molecule has 26 heavy (non-hydrogen) atoms. The Morgan fingerprint density at radius 1 is 1.27 bits per heavy atom. The van der Waals surface area contributed by atoms with Crippen LogP contribution in [-0.2, 0) is 17.8 Å². The maximum Gasteiger partial charge on any atom is 0.220 e. The topological polar surface area (TPSA) is 84.2 Å². The van der Waals surface area contributed by atoms with Crippen molar-refractivity contribution in [2.75, 3.05) is 13.1 Å². The molecule has 2 aromatic rings. The Hall–Kier alpha value is -2.47. The molecule has 0 aliphatic carbocycles. The van der Waals surface area contributed by atoms with Gasteiger partial charge in [0.05, 0.1) is 5.69 Å². The van der Waals surface area contributed by atoms with E-state index in [0.29, 0.717) is 37.0 Å². The molecule has 3 rings (SSSR count). The van der Waals surface area contributed by atoms with Crippen molar-refractivity contribution in [2.45, 2.75) is 32.7 Å². The smallest absolute Gasteiger partial charge is 0.220 e. The molecule has 0 spiro atoms. The summed E-state index contributed by atoms with van der Waals surface area (Å²) >= 11 is 0. The number of carbonyl (C=O) groups is 2. The average molecular weight is 355 g/mol. The molecule has 138 valence electrons. The first-order chi connectivity index (χ1) is 12.6. The zero-order chi connectivity index (χ0) is 18.4. The van der Waals surface area contributed by atoms with Gasteiger partial charge in [-0.3, -0.25) is 9.59 Å². The first kappa shape index (κ1) is 18.3. The van der Waals surface area contributed by atoms with Crippen LogP contribution in [0.5, 0.6) is 0 Å². The molecule has 2 heterocycles. The number of aromatic nitrogens is 1. The van der Waals surface area contributed by atoms with Crippen molar-refractivity contribution in [1.82, 2.24) is 15.8 Å². The maximum atomic E-state index is 12.4. The maximum absolute atomic E-state index is 12.4. The first-order valence-corrected chi connectivity index (χ1v) is 9.09. The number of carbonyl (C=O) groups excluding carboxylic acids is 2. The van der Waals surface area contributed by atoms with E-state index < -0.39 is 0 Å². The number of rotatable bonds is 7. The molecule has 1 aliphatic rings. The molecule has 2 N–H and O–H groups in total. The van der Waals surface area contributed by atoms with Crippen molar-refractivity contribution in [3.8, 4) is 0 Å². The summed E-state index contributed by atoms with van der Waals surface area (Å²) in [5.41, 5.74) is 1.88. The Morgan fingerprint density at radius 3 is 2.81 bits per heavy atom. The lowest BCUT2D eigenvalue weighted by Gasteiger charge is -2.31. The van der Waals surface area contributed by atoms with Crippen molar-refractivity contribution >= 4 is 11.7 Å².